The molecule has 268 valence electrons. The maximum atomic E-state index is 14.6. The highest BCUT2D eigenvalue weighted by Gasteiger charge is 2.55. The molecule has 1 aromatic heterocycles. The lowest BCUT2D eigenvalue weighted by Crippen LogP contribution is -2.59. The van der Waals surface area contributed by atoms with Crippen LogP contribution in [0, 0.1) is 5.41 Å². The zero-order chi connectivity index (χ0) is 36.4. The van der Waals surface area contributed by atoms with Gasteiger partial charge in [-0.1, -0.05) is 81.4 Å². The third-order valence-electron chi connectivity index (χ3n) is 9.30. The Balaban J connectivity index is 1.40. The molecule has 0 radical (unpaired) electrons. The van der Waals surface area contributed by atoms with Crippen LogP contribution in [0.4, 0.5) is 9.59 Å². The minimum atomic E-state index is -0.904. The van der Waals surface area contributed by atoms with Gasteiger partial charge in [-0.15, -0.1) is 11.3 Å². The third-order valence-corrected chi connectivity index (χ3v) is 10.3. The van der Waals surface area contributed by atoms with Crippen LogP contribution in [0.1, 0.15) is 71.4 Å². The number of likely N-dealkylation sites (N-methyl/N-ethyl adjacent to an activating group) is 1. The molecule has 11 nitrogen and oxygen atoms in total. The lowest BCUT2D eigenvalue weighted by Gasteiger charge is -2.37. The molecule has 12 heteroatoms. The molecule has 0 spiro atoms. The fraction of sp³-hybridized carbons (Fsp3) is 0.500. The zero-order valence-corrected chi connectivity index (χ0v) is 31.0. The van der Waals surface area contributed by atoms with Gasteiger partial charge in [0.15, 0.2) is 0 Å². The number of likely N-dealkylation sites (tertiary alicyclic amines) is 2. The molecule has 2 aliphatic heterocycles. The van der Waals surface area contributed by atoms with E-state index in [-0.39, 0.29) is 30.5 Å². The second kappa shape index (κ2) is 14.8. The molecule has 4 amide bonds. The molecule has 50 heavy (non-hydrogen) atoms. The van der Waals surface area contributed by atoms with Crippen molar-refractivity contribution in [3.05, 3.63) is 76.6 Å². The van der Waals surface area contributed by atoms with E-state index in [4.69, 9.17) is 14.5 Å². The Labute approximate surface area is 298 Å². The van der Waals surface area contributed by atoms with Gasteiger partial charge in [0.05, 0.1) is 23.7 Å². The number of carbonyl (C=O) groups is 4. The van der Waals surface area contributed by atoms with E-state index in [2.05, 4.69) is 5.32 Å². The third kappa shape index (κ3) is 8.29. The number of hydrogen-bond acceptors (Lipinski definition) is 8. The topological polar surface area (TPSA) is 121 Å². The first-order chi connectivity index (χ1) is 23.5. The van der Waals surface area contributed by atoms with Crippen molar-refractivity contribution in [1.82, 2.24) is 25.0 Å². The first-order valence-corrected chi connectivity index (χ1v) is 18.0. The summed E-state index contributed by atoms with van der Waals surface area (Å²) in [6.07, 6.45) is -0.500. The Morgan fingerprint density at radius 2 is 1.62 bits per heavy atom. The van der Waals surface area contributed by atoms with Crippen molar-refractivity contribution >= 4 is 35.3 Å². The number of aromatic nitrogens is 1. The van der Waals surface area contributed by atoms with Gasteiger partial charge in [0.25, 0.3) is 0 Å². The molecular formula is C38H49N5O6S. The number of thiazole rings is 1. The minimum Gasteiger partial charge on any atom is -0.445 e. The zero-order valence-electron chi connectivity index (χ0n) is 30.2. The molecule has 2 saturated heterocycles. The summed E-state index contributed by atoms with van der Waals surface area (Å²) >= 11 is 1.52. The van der Waals surface area contributed by atoms with E-state index in [1.54, 1.807) is 32.6 Å². The van der Waals surface area contributed by atoms with Crippen LogP contribution in [0.5, 0.6) is 0 Å². The predicted molar refractivity (Wildman–Crippen MR) is 192 cm³/mol. The Morgan fingerprint density at radius 3 is 2.24 bits per heavy atom. The number of ether oxygens (including phenoxy) is 2. The number of nitrogens with one attached hydrogen (secondary N) is 1. The lowest BCUT2D eigenvalue weighted by atomic mass is 9.85. The summed E-state index contributed by atoms with van der Waals surface area (Å²) in [5.41, 5.74) is 1.32. The summed E-state index contributed by atoms with van der Waals surface area (Å²) in [5, 5.41) is 5.81. The van der Waals surface area contributed by atoms with Crippen LogP contribution in [0.15, 0.2) is 66.0 Å². The fourth-order valence-corrected chi connectivity index (χ4v) is 7.48. The maximum absolute atomic E-state index is 14.6. The molecule has 1 N–H and O–H groups in total. The molecular weight excluding hydrogens is 655 g/mol. The van der Waals surface area contributed by atoms with Crippen molar-refractivity contribution in [1.29, 1.82) is 0 Å². The predicted octanol–water partition coefficient (Wildman–Crippen LogP) is 6.30. The first-order valence-electron chi connectivity index (χ1n) is 17.1. The van der Waals surface area contributed by atoms with Crippen LogP contribution in [-0.2, 0) is 25.7 Å². The molecule has 5 rings (SSSR count). The van der Waals surface area contributed by atoms with Gasteiger partial charge in [0.1, 0.15) is 29.3 Å². The Hall–Kier alpha value is -4.45. The van der Waals surface area contributed by atoms with Crippen molar-refractivity contribution in [2.45, 2.75) is 97.2 Å². The standard InChI is InChI=1S/C38H49N5O6S/c1-24(41(8)35(46)49-38(5,6)7)32(44)40-31(37(2,3)4)34(45)42-20-19-29-30(42)27(33-39-28(23-50-33)26-17-13-10-14-18-26)21-43(29)36(47)48-22-25-15-11-9-12-16-25/h9-18,23-24,27,29-31H,19-22H2,1-8H3,(H,40,44)/t24-,27-,29+,30+,31+/m0/s1. The molecule has 2 aromatic carbocycles. The van der Waals surface area contributed by atoms with Crippen molar-refractivity contribution < 1.29 is 28.7 Å². The first kappa shape index (κ1) is 36.8. The van der Waals surface area contributed by atoms with Gasteiger partial charge in [0, 0.05) is 31.1 Å². The average molecular weight is 704 g/mol. The molecule has 3 heterocycles. The average Bonchev–Trinajstić information content (AvgIpc) is 3.81. The smallest absolute Gasteiger partial charge is 0.410 e. The quantitative estimate of drug-likeness (QED) is 0.292. The van der Waals surface area contributed by atoms with E-state index in [9.17, 15) is 19.2 Å². The van der Waals surface area contributed by atoms with Crippen LogP contribution < -0.4 is 5.32 Å². The van der Waals surface area contributed by atoms with Gasteiger partial charge in [-0.25, -0.2) is 14.6 Å². The Bertz CT molecular complexity index is 1670. The van der Waals surface area contributed by atoms with E-state index in [1.807, 2.05) is 91.7 Å². The lowest BCUT2D eigenvalue weighted by molar-refractivity contribution is -0.141. The summed E-state index contributed by atoms with van der Waals surface area (Å²) in [5.74, 6) is -0.967. The highest BCUT2D eigenvalue weighted by molar-refractivity contribution is 7.10. The number of nitrogens with zero attached hydrogens (tertiary/aromatic N) is 4. The van der Waals surface area contributed by atoms with Gasteiger partial charge in [0.2, 0.25) is 11.8 Å². The largest absolute Gasteiger partial charge is 0.445 e. The number of fused-ring (bicyclic) bond motifs is 1. The van der Waals surface area contributed by atoms with E-state index in [0.717, 1.165) is 21.8 Å². The summed E-state index contributed by atoms with van der Waals surface area (Å²) in [7, 11) is 1.50. The SMILES string of the molecule is C[C@@H](C(=O)N[C@H](C(=O)N1CC[C@@H]2[C@H]1[C@@H](c1nc(-c3ccccc3)cs1)CN2C(=O)OCc1ccccc1)C(C)(C)C)N(C)C(=O)OC(C)(C)C. The summed E-state index contributed by atoms with van der Waals surface area (Å²) in [6, 6.07) is 17.0. The second-order valence-electron chi connectivity index (χ2n) is 15.2. The van der Waals surface area contributed by atoms with Crippen LogP contribution in [0.3, 0.4) is 0 Å². The monoisotopic (exact) mass is 703 g/mol. The van der Waals surface area contributed by atoms with Crippen molar-refractivity contribution in [2.75, 3.05) is 20.1 Å². The van der Waals surface area contributed by atoms with Crippen molar-refractivity contribution in [3.8, 4) is 11.3 Å². The van der Waals surface area contributed by atoms with Gasteiger partial charge in [-0.2, -0.15) is 0 Å². The van der Waals surface area contributed by atoms with Gasteiger partial charge in [-0.05, 0) is 45.1 Å². The Kier molecular flexibility index (Phi) is 10.9. The van der Waals surface area contributed by atoms with E-state index in [0.29, 0.717) is 19.5 Å². The fourth-order valence-electron chi connectivity index (χ4n) is 6.52. The van der Waals surface area contributed by atoms with E-state index < -0.39 is 41.2 Å². The van der Waals surface area contributed by atoms with E-state index in [1.165, 1.54) is 23.3 Å². The molecule has 2 fully saturated rings. The highest BCUT2D eigenvalue weighted by Crippen LogP contribution is 2.44. The van der Waals surface area contributed by atoms with Crippen LogP contribution >= 0.6 is 11.3 Å². The second-order valence-corrected chi connectivity index (χ2v) is 16.1. The summed E-state index contributed by atoms with van der Waals surface area (Å²) in [6.45, 7) is 13.5. The highest BCUT2D eigenvalue weighted by atomic mass is 32.1. The Morgan fingerprint density at radius 1 is 0.980 bits per heavy atom. The van der Waals surface area contributed by atoms with E-state index >= 15 is 0 Å². The molecule has 0 unspecified atom stereocenters. The van der Waals surface area contributed by atoms with Crippen LogP contribution in [-0.4, -0.2) is 93.6 Å². The number of rotatable bonds is 8. The number of hydrogen-bond donors (Lipinski definition) is 1. The molecule has 2 aliphatic rings. The number of carbonyl (C=O) groups excluding carboxylic acids is 4. The summed E-state index contributed by atoms with van der Waals surface area (Å²) < 4.78 is 11.3. The molecule has 3 aromatic rings. The molecule has 5 atom stereocenters. The number of amides is 4. The summed E-state index contributed by atoms with van der Waals surface area (Å²) in [4.78, 5) is 64.4. The van der Waals surface area contributed by atoms with Gasteiger partial charge in [-0.3, -0.25) is 14.5 Å². The van der Waals surface area contributed by atoms with Gasteiger partial charge < -0.3 is 24.6 Å². The van der Waals surface area contributed by atoms with Crippen molar-refractivity contribution in [3.63, 3.8) is 0 Å². The maximum Gasteiger partial charge on any atom is 0.410 e. The minimum absolute atomic E-state index is 0.143. The molecule has 0 saturated carbocycles. The molecule has 0 aliphatic carbocycles. The van der Waals surface area contributed by atoms with Crippen LogP contribution in [0.25, 0.3) is 11.3 Å². The van der Waals surface area contributed by atoms with Crippen LogP contribution in [0.2, 0.25) is 0 Å². The normalized spacial score (nSPS) is 20.1. The van der Waals surface area contributed by atoms with Gasteiger partial charge >= 0.3 is 12.2 Å². The number of benzene rings is 2. The van der Waals surface area contributed by atoms with Crippen molar-refractivity contribution in [2.24, 2.45) is 5.41 Å². The molecule has 0 bridgehead atoms.